The summed E-state index contributed by atoms with van der Waals surface area (Å²) in [5, 5.41) is 8.89. The van der Waals surface area contributed by atoms with Crippen LogP contribution in [-0.4, -0.2) is 31.6 Å². The van der Waals surface area contributed by atoms with Crippen LogP contribution in [0.2, 0.25) is 0 Å². The molecule has 2 N–H and O–H groups in total. The molecule has 3 atom stereocenters. The quantitative estimate of drug-likeness (QED) is 0.274. The summed E-state index contributed by atoms with van der Waals surface area (Å²) in [6.45, 7) is 2.36. The maximum absolute atomic E-state index is 13.1. The van der Waals surface area contributed by atoms with Crippen molar-refractivity contribution in [1.82, 2.24) is 4.72 Å². The number of benzene rings is 3. The van der Waals surface area contributed by atoms with Crippen LogP contribution >= 0.6 is 0 Å². The highest BCUT2D eigenvalue weighted by molar-refractivity contribution is 7.89. The van der Waals surface area contributed by atoms with Crippen molar-refractivity contribution in [3.63, 3.8) is 0 Å². The van der Waals surface area contributed by atoms with Crippen molar-refractivity contribution in [1.29, 1.82) is 0 Å². The van der Waals surface area contributed by atoms with Crippen LogP contribution in [-0.2, 0) is 26.2 Å². The molecule has 4 rings (SSSR count). The summed E-state index contributed by atoms with van der Waals surface area (Å²) >= 11 is 0. The van der Waals surface area contributed by atoms with Gasteiger partial charge in [-0.25, -0.2) is 13.1 Å². The Kier molecular flexibility index (Phi) is 9.50. The van der Waals surface area contributed by atoms with Crippen molar-refractivity contribution in [3.05, 3.63) is 102 Å². The van der Waals surface area contributed by atoms with Gasteiger partial charge in [0.05, 0.1) is 17.6 Å². The Hall–Kier alpha value is -3.26. The van der Waals surface area contributed by atoms with Gasteiger partial charge in [0.2, 0.25) is 10.0 Å². The number of carboxylic acids is 1. The van der Waals surface area contributed by atoms with Crippen molar-refractivity contribution >= 4 is 16.0 Å². The van der Waals surface area contributed by atoms with Gasteiger partial charge in [-0.2, -0.15) is 0 Å². The van der Waals surface area contributed by atoms with Gasteiger partial charge in [-0.1, -0.05) is 84.4 Å². The monoisotopic (exact) mass is 533 g/mol. The fourth-order valence-electron chi connectivity index (χ4n) is 4.89. The van der Waals surface area contributed by atoms with Crippen molar-refractivity contribution in [3.8, 4) is 11.1 Å². The predicted molar refractivity (Wildman–Crippen MR) is 149 cm³/mol. The number of carboxylic acid groups (broad SMARTS) is 1. The van der Waals surface area contributed by atoms with E-state index in [2.05, 4.69) is 41.1 Å². The van der Waals surface area contributed by atoms with E-state index in [0.29, 0.717) is 25.9 Å². The Bertz CT molecular complexity index is 1320. The molecule has 1 fully saturated rings. The number of rotatable bonds is 12. The van der Waals surface area contributed by atoms with Gasteiger partial charge in [-0.3, -0.25) is 4.79 Å². The van der Waals surface area contributed by atoms with Crippen molar-refractivity contribution in [2.75, 3.05) is 0 Å². The number of hydrogen-bond donors (Lipinski definition) is 2. The SMILES string of the molecule is Cc1ccc(S(=O)(=O)N[C@H]2CC[C@H](OCc3ccc(-c4ccccc4)cc3)[C@@H]2C/C=C\CCC(=O)O)cc1. The highest BCUT2D eigenvalue weighted by atomic mass is 32.2. The number of ether oxygens (including phenoxy) is 1. The summed E-state index contributed by atoms with van der Waals surface area (Å²) in [5.74, 6) is -0.890. The third-order valence-electron chi connectivity index (χ3n) is 7.02. The molecule has 3 aromatic rings. The first-order chi connectivity index (χ1) is 18.3. The van der Waals surface area contributed by atoms with Crippen LogP contribution in [0.15, 0.2) is 95.9 Å². The Morgan fingerprint density at radius 3 is 2.32 bits per heavy atom. The van der Waals surface area contributed by atoms with Gasteiger partial charge in [0.25, 0.3) is 0 Å². The maximum Gasteiger partial charge on any atom is 0.303 e. The molecule has 0 amide bonds. The van der Waals surface area contributed by atoms with Crippen LogP contribution in [0.25, 0.3) is 11.1 Å². The first kappa shape index (κ1) is 27.8. The van der Waals surface area contributed by atoms with E-state index in [1.54, 1.807) is 24.3 Å². The van der Waals surface area contributed by atoms with Crippen molar-refractivity contribution < 1.29 is 23.1 Å². The zero-order chi connectivity index (χ0) is 27.0. The van der Waals surface area contributed by atoms with E-state index in [4.69, 9.17) is 9.84 Å². The lowest BCUT2D eigenvalue weighted by Crippen LogP contribution is -2.39. The van der Waals surface area contributed by atoms with Gasteiger partial charge >= 0.3 is 5.97 Å². The first-order valence-corrected chi connectivity index (χ1v) is 14.5. The molecule has 1 aliphatic rings. The molecule has 0 heterocycles. The van der Waals surface area contributed by atoms with E-state index in [9.17, 15) is 13.2 Å². The summed E-state index contributed by atoms with van der Waals surface area (Å²) in [6, 6.07) is 25.1. The number of hydrogen-bond acceptors (Lipinski definition) is 4. The van der Waals surface area contributed by atoms with Crippen molar-refractivity contribution in [2.45, 2.75) is 62.7 Å². The third kappa shape index (κ3) is 7.63. The zero-order valence-corrected chi connectivity index (χ0v) is 22.4. The number of carbonyl (C=O) groups is 1. The Morgan fingerprint density at radius 1 is 0.947 bits per heavy atom. The summed E-state index contributed by atoms with van der Waals surface area (Å²) in [5.41, 5.74) is 4.36. The van der Waals surface area contributed by atoms with Crippen molar-refractivity contribution in [2.24, 2.45) is 5.92 Å². The average Bonchev–Trinajstić information content (AvgIpc) is 3.28. The molecule has 0 aliphatic heterocycles. The van der Waals surface area contributed by atoms with Gasteiger partial charge in [0.1, 0.15) is 0 Å². The molecule has 0 aromatic heterocycles. The third-order valence-corrected chi connectivity index (χ3v) is 8.53. The number of aliphatic carboxylic acids is 1. The lowest BCUT2D eigenvalue weighted by molar-refractivity contribution is -0.136. The number of sulfonamides is 1. The summed E-state index contributed by atoms with van der Waals surface area (Å²) < 4.78 is 35.5. The topological polar surface area (TPSA) is 92.7 Å². The molecule has 0 bridgehead atoms. The van der Waals surface area contributed by atoms with E-state index in [1.165, 1.54) is 0 Å². The van der Waals surface area contributed by atoms with Gasteiger partial charge < -0.3 is 9.84 Å². The number of allylic oxidation sites excluding steroid dienone is 2. The molecule has 0 unspecified atom stereocenters. The minimum atomic E-state index is -3.67. The van der Waals surface area contributed by atoms with E-state index in [0.717, 1.165) is 28.7 Å². The van der Waals surface area contributed by atoms with Crippen LogP contribution < -0.4 is 4.72 Å². The lowest BCUT2D eigenvalue weighted by Gasteiger charge is -2.25. The van der Waals surface area contributed by atoms with Gasteiger partial charge in [0, 0.05) is 18.4 Å². The van der Waals surface area contributed by atoms with E-state index < -0.39 is 16.0 Å². The second-order valence-electron chi connectivity index (χ2n) is 9.83. The van der Waals surface area contributed by atoms with Crippen LogP contribution in [0.5, 0.6) is 0 Å². The predicted octanol–water partition coefficient (Wildman–Crippen LogP) is 6.12. The molecule has 6 nitrogen and oxygen atoms in total. The molecular weight excluding hydrogens is 498 g/mol. The van der Waals surface area contributed by atoms with Crippen LogP contribution in [0.4, 0.5) is 0 Å². The average molecular weight is 534 g/mol. The van der Waals surface area contributed by atoms with Crippen LogP contribution in [0.3, 0.4) is 0 Å². The molecule has 0 saturated heterocycles. The Morgan fingerprint density at radius 2 is 1.63 bits per heavy atom. The minimum absolute atomic E-state index is 0.0557. The van der Waals surface area contributed by atoms with E-state index >= 15 is 0 Å². The Labute approximate surface area is 225 Å². The molecule has 0 radical (unpaired) electrons. The van der Waals surface area contributed by atoms with Crippen LogP contribution in [0.1, 0.15) is 43.2 Å². The largest absolute Gasteiger partial charge is 0.481 e. The molecule has 1 saturated carbocycles. The van der Waals surface area contributed by atoms with E-state index in [1.807, 2.05) is 37.3 Å². The van der Waals surface area contributed by atoms with Gasteiger partial charge in [-0.15, -0.1) is 0 Å². The molecule has 7 heteroatoms. The van der Waals surface area contributed by atoms with E-state index in [-0.39, 0.29) is 29.4 Å². The second kappa shape index (κ2) is 13.0. The highest BCUT2D eigenvalue weighted by Gasteiger charge is 2.38. The van der Waals surface area contributed by atoms with Gasteiger partial charge in [0.15, 0.2) is 0 Å². The smallest absolute Gasteiger partial charge is 0.303 e. The first-order valence-electron chi connectivity index (χ1n) is 13.0. The maximum atomic E-state index is 13.1. The minimum Gasteiger partial charge on any atom is -0.481 e. The fraction of sp³-hybridized carbons (Fsp3) is 0.323. The van der Waals surface area contributed by atoms with Crippen LogP contribution in [0, 0.1) is 12.8 Å². The number of aryl methyl sites for hydroxylation is 1. The second-order valence-corrected chi connectivity index (χ2v) is 11.5. The summed E-state index contributed by atoms with van der Waals surface area (Å²) in [4.78, 5) is 11.1. The van der Waals surface area contributed by atoms with Gasteiger partial charge in [-0.05, 0) is 61.4 Å². The summed E-state index contributed by atoms with van der Waals surface area (Å²) in [7, 11) is -3.67. The normalized spacial score (nSPS) is 19.7. The molecule has 1 aliphatic carbocycles. The number of nitrogens with one attached hydrogen (secondary N) is 1. The molecule has 0 spiro atoms. The lowest BCUT2D eigenvalue weighted by atomic mass is 9.97. The standard InChI is InChI=1S/C31H35NO5S/c1-23-12-18-27(19-13-23)38(35,36)32-29-20-21-30(28(29)10-6-3-7-11-31(33)34)37-22-24-14-16-26(17-15-24)25-8-4-2-5-9-25/h2-6,8-9,12-19,28-30,32H,7,10-11,20-22H2,1H3,(H,33,34)/b6-3-/t28-,29+,30+/m1/s1. The molecule has 3 aromatic carbocycles. The summed E-state index contributed by atoms with van der Waals surface area (Å²) in [6.07, 6.45) is 6.25. The molecule has 200 valence electrons. The Balaban J connectivity index is 1.42. The molecule has 38 heavy (non-hydrogen) atoms. The zero-order valence-electron chi connectivity index (χ0n) is 21.6. The highest BCUT2D eigenvalue weighted by Crippen LogP contribution is 2.34. The molecular formula is C31H35NO5S. The fourth-order valence-corrected chi connectivity index (χ4v) is 6.21.